The minimum Gasteiger partial charge on any atom is -0.480 e. The lowest BCUT2D eigenvalue weighted by molar-refractivity contribution is -0.139. The van der Waals surface area contributed by atoms with Crippen LogP contribution in [0.2, 0.25) is 0 Å². The standard InChI is InChI=1S/C38H48F2N2O3S2/c1-4-47-25-32(20-27-11-6-5-7-12-27)42(24-29-18-30(39)22-31(40)19-29)23-28-14-15-34(35(21-28)33-13-9-8-10-26(33)2)37(43)41-36(38(44)45)16-17-46-3/h8-10,13-15,18-19,21-22,27,32,36H,4-7,11-12,16-17,20,23-25H2,1-3H3,(H,41,43)(H,44,45)/t32?,36-/m0/s1. The number of hydrogen-bond acceptors (Lipinski definition) is 5. The largest absolute Gasteiger partial charge is 0.480 e. The van der Waals surface area contributed by atoms with Gasteiger partial charge in [-0.25, -0.2) is 13.6 Å². The van der Waals surface area contributed by atoms with E-state index in [2.05, 4.69) is 17.1 Å². The van der Waals surface area contributed by atoms with E-state index in [0.717, 1.165) is 46.2 Å². The van der Waals surface area contributed by atoms with Gasteiger partial charge in [-0.05, 0) is 95.5 Å². The van der Waals surface area contributed by atoms with Crippen LogP contribution in [0.4, 0.5) is 8.78 Å². The Kier molecular flexibility index (Phi) is 14.6. The summed E-state index contributed by atoms with van der Waals surface area (Å²) in [5.74, 6) is 0.498. The van der Waals surface area contributed by atoms with Gasteiger partial charge in [-0.1, -0.05) is 69.4 Å². The third kappa shape index (κ3) is 11.1. The van der Waals surface area contributed by atoms with Crippen molar-refractivity contribution in [1.82, 2.24) is 10.2 Å². The lowest BCUT2D eigenvalue weighted by atomic mass is 9.84. The quantitative estimate of drug-likeness (QED) is 0.148. The fraction of sp³-hybridized carbons (Fsp3) is 0.474. The van der Waals surface area contributed by atoms with Gasteiger partial charge in [0.25, 0.3) is 5.91 Å². The molecule has 1 aliphatic carbocycles. The molecule has 1 saturated carbocycles. The molecule has 0 aliphatic heterocycles. The van der Waals surface area contributed by atoms with E-state index < -0.39 is 29.6 Å². The van der Waals surface area contributed by atoms with Crippen molar-refractivity contribution >= 4 is 35.4 Å². The van der Waals surface area contributed by atoms with Crippen molar-refractivity contribution in [2.75, 3.05) is 23.5 Å². The third-order valence-electron chi connectivity index (χ3n) is 9.03. The van der Waals surface area contributed by atoms with Crippen molar-refractivity contribution in [3.05, 3.63) is 94.6 Å². The number of nitrogens with zero attached hydrogens (tertiary/aromatic N) is 1. The number of amides is 1. The van der Waals surface area contributed by atoms with E-state index in [4.69, 9.17) is 0 Å². The highest BCUT2D eigenvalue weighted by atomic mass is 32.2. The second kappa shape index (κ2) is 18.6. The lowest BCUT2D eigenvalue weighted by Crippen LogP contribution is -2.41. The number of carboxylic acid groups (broad SMARTS) is 1. The number of aliphatic carboxylic acids is 1. The molecule has 2 N–H and O–H groups in total. The zero-order chi connectivity index (χ0) is 33.8. The highest BCUT2D eigenvalue weighted by Gasteiger charge is 2.27. The zero-order valence-electron chi connectivity index (χ0n) is 27.8. The first-order chi connectivity index (χ1) is 22.7. The van der Waals surface area contributed by atoms with E-state index in [1.165, 1.54) is 56.0 Å². The molecule has 254 valence electrons. The summed E-state index contributed by atoms with van der Waals surface area (Å²) in [5, 5.41) is 12.5. The molecule has 0 aromatic heterocycles. The Morgan fingerprint density at radius 3 is 2.32 bits per heavy atom. The van der Waals surface area contributed by atoms with Crippen LogP contribution in [0, 0.1) is 24.5 Å². The van der Waals surface area contributed by atoms with E-state index in [9.17, 15) is 23.5 Å². The molecule has 1 aliphatic rings. The van der Waals surface area contributed by atoms with Crippen LogP contribution in [-0.4, -0.2) is 57.5 Å². The topological polar surface area (TPSA) is 69.6 Å². The van der Waals surface area contributed by atoms with E-state index in [1.54, 1.807) is 6.07 Å². The molecule has 2 atom stereocenters. The Labute approximate surface area is 287 Å². The van der Waals surface area contributed by atoms with Gasteiger partial charge in [0.05, 0.1) is 0 Å². The summed E-state index contributed by atoms with van der Waals surface area (Å²) in [6, 6.07) is 16.6. The minimum absolute atomic E-state index is 0.201. The number of carbonyl (C=O) groups excluding carboxylic acids is 1. The number of carbonyl (C=O) groups is 2. The van der Waals surface area contributed by atoms with Gasteiger partial charge in [-0.2, -0.15) is 23.5 Å². The lowest BCUT2D eigenvalue weighted by Gasteiger charge is -2.35. The summed E-state index contributed by atoms with van der Waals surface area (Å²) in [7, 11) is 0. The van der Waals surface area contributed by atoms with E-state index in [-0.39, 0.29) is 6.04 Å². The van der Waals surface area contributed by atoms with Gasteiger partial charge in [0.15, 0.2) is 0 Å². The van der Waals surface area contributed by atoms with Crippen LogP contribution in [0.15, 0.2) is 60.7 Å². The molecule has 1 amide bonds. The van der Waals surface area contributed by atoms with Gasteiger partial charge in [0, 0.05) is 36.5 Å². The zero-order valence-corrected chi connectivity index (χ0v) is 29.4. The highest BCUT2D eigenvalue weighted by Crippen LogP contribution is 2.33. The summed E-state index contributed by atoms with van der Waals surface area (Å²) >= 11 is 3.43. The molecule has 0 heterocycles. The SMILES string of the molecule is CCSCC(CC1CCCCC1)N(Cc1cc(F)cc(F)c1)Cc1ccc(C(=O)N[C@@H](CCSC)C(=O)O)c(-c2ccccc2C)c1. The number of halogens is 2. The molecule has 0 bridgehead atoms. The van der Waals surface area contributed by atoms with Crippen molar-refractivity contribution in [3.8, 4) is 11.1 Å². The van der Waals surface area contributed by atoms with Gasteiger partial charge < -0.3 is 10.4 Å². The molecule has 0 radical (unpaired) electrons. The first kappa shape index (κ1) is 36.9. The van der Waals surface area contributed by atoms with Crippen LogP contribution in [-0.2, 0) is 17.9 Å². The second-order valence-electron chi connectivity index (χ2n) is 12.6. The van der Waals surface area contributed by atoms with Crippen LogP contribution in [0.3, 0.4) is 0 Å². The van der Waals surface area contributed by atoms with Crippen LogP contribution in [0.5, 0.6) is 0 Å². The van der Waals surface area contributed by atoms with Crippen LogP contribution in [0.25, 0.3) is 11.1 Å². The fourth-order valence-electron chi connectivity index (χ4n) is 6.58. The second-order valence-corrected chi connectivity index (χ2v) is 14.9. The van der Waals surface area contributed by atoms with Crippen molar-refractivity contribution < 1.29 is 23.5 Å². The molecular formula is C38H48F2N2O3S2. The van der Waals surface area contributed by atoms with Crippen molar-refractivity contribution in [2.24, 2.45) is 5.92 Å². The number of aryl methyl sites for hydroxylation is 1. The first-order valence-electron chi connectivity index (χ1n) is 16.7. The number of nitrogens with one attached hydrogen (secondary N) is 1. The molecule has 3 aromatic carbocycles. The van der Waals surface area contributed by atoms with Crippen LogP contribution < -0.4 is 5.32 Å². The minimum atomic E-state index is -1.06. The van der Waals surface area contributed by atoms with E-state index in [1.807, 2.05) is 61.3 Å². The molecular weight excluding hydrogens is 635 g/mol. The molecule has 5 nitrogen and oxygen atoms in total. The molecule has 0 saturated heterocycles. The fourth-order valence-corrected chi connectivity index (χ4v) is 7.91. The van der Waals surface area contributed by atoms with Gasteiger partial charge in [-0.15, -0.1) is 0 Å². The number of carboxylic acids is 1. The van der Waals surface area contributed by atoms with Gasteiger partial charge in [0.1, 0.15) is 17.7 Å². The smallest absolute Gasteiger partial charge is 0.326 e. The maximum absolute atomic E-state index is 14.4. The molecule has 1 fully saturated rings. The average Bonchev–Trinajstić information content (AvgIpc) is 3.04. The molecule has 47 heavy (non-hydrogen) atoms. The number of rotatable bonds is 17. The Balaban J connectivity index is 1.73. The van der Waals surface area contributed by atoms with Crippen molar-refractivity contribution in [2.45, 2.75) is 84.0 Å². The Hall–Kier alpha value is -2.88. The normalized spacial score (nSPS) is 15.0. The predicted molar refractivity (Wildman–Crippen MR) is 192 cm³/mol. The summed E-state index contributed by atoms with van der Waals surface area (Å²) in [6.07, 6.45) is 9.47. The monoisotopic (exact) mass is 682 g/mol. The maximum Gasteiger partial charge on any atom is 0.326 e. The molecule has 9 heteroatoms. The van der Waals surface area contributed by atoms with Crippen LogP contribution in [0.1, 0.15) is 78.9 Å². The number of hydrogen-bond donors (Lipinski definition) is 2. The predicted octanol–water partition coefficient (Wildman–Crippen LogP) is 8.97. The summed E-state index contributed by atoms with van der Waals surface area (Å²) in [5.41, 5.74) is 4.61. The van der Waals surface area contributed by atoms with Gasteiger partial charge >= 0.3 is 5.97 Å². The molecule has 0 spiro atoms. The number of thioether (sulfide) groups is 2. The van der Waals surface area contributed by atoms with Crippen LogP contribution >= 0.6 is 23.5 Å². The summed E-state index contributed by atoms with van der Waals surface area (Å²) in [4.78, 5) is 28.0. The molecule has 1 unspecified atom stereocenters. The molecule has 4 rings (SSSR count). The molecule has 3 aromatic rings. The van der Waals surface area contributed by atoms with E-state index >= 15 is 0 Å². The van der Waals surface area contributed by atoms with Crippen molar-refractivity contribution in [1.29, 1.82) is 0 Å². The average molecular weight is 683 g/mol. The summed E-state index contributed by atoms with van der Waals surface area (Å²) < 4.78 is 28.7. The van der Waals surface area contributed by atoms with Crippen molar-refractivity contribution in [3.63, 3.8) is 0 Å². The highest BCUT2D eigenvalue weighted by molar-refractivity contribution is 7.99. The van der Waals surface area contributed by atoms with E-state index in [0.29, 0.717) is 42.3 Å². The Bertz CT molecular complexity index is 1460. The maximum atomic E-state index is 14.4. The number of benzene rings is 3. The van der Waals surface area contributed by atoms with Gasteiger partial charge in [0.2, 0.25) is 0 Å². The Morgan fingerprint density at radius 1 is 0.957 bits per heavy atom. The third-order valence-corrected chi connectivity index (χ3v) is 10.7. The van der Waals surface area contributed by atoms with Gasteiger partial charge in [-0.3, -0.25) is 9.69 Å². The Morgan fingerprint density at radius 2 is 1.66 bits per heavy atom. The summed E-state index contributed by atoms with van der Waals surface area (Å²) in [6.45, 7) is 5.08. The first-order valence-corrected chi connectivity index (χ1v) is 19.2.